The summed E-state index contributed by atoms with van der Waals surface area (Å²) in [6, 6.07) is 9.55. The molecule has 102 valence electrons. The third-order valence-electron chi connectivity index (χ3n) is 3.31. The molecule has 3 rings (SSSR count). The van der Waals surface area contributed by atoms with Crippen LogP contribution in [0.1, 0.15) is 27.2 Å². The minimum atomic E-state index is -0.194. The van der Waals surface area contributed by atoms with Crippen LogP contribution in [0.2, 0.25) is 5.02 Å². The second-order valence-corrected chi connectivity index (χ2v) is 5.19. The average Bonchev–Trinajstić information content (AvgIpc) is 2.93. The Balaban J connectivity index is 1.64. The van der Waals surface area contributed by atoms with Crippen LogP contribution in [0.3, 0.4) is 0 Å². The number of fused-ring (bicyclic) bond motifs is 1. The molecule has 1 aliphatic heterocycles. The summed E-state index contributed by atoms with van der Waals surface area (Å²) in [6.45, 7) is 2.32. The third-order valence-corrected chi connectivity index (χ3v) is 3.54. The molecule has 0 spiro atoms. The minimum Gasteiger partial charge on any atom is -0.347 e. The smallest absolute Gasteiger partial charge is 0.270 e. The highest BCUT2D eigenvalue weighted by Gasteiger charge is 2.11. The Hall–Kier alpha value is -1.91. The van der Waals surface area contributed by atoms with Crippen molar-refractivity contribution < 1.29 is 4.79 Å². The first-order chi connectivity index (χ1) is 9.72. The highest BCUT2D eigenvalue weighted by atomic mass is 35.5. The summed E-state index contributed by atoms with van der Waals surface area (Å²) in [7, 11) is 0. The summed E-state index contributed by atoms with van der Waals surface area (Å²) in [4.78, 5) is 15.9. The third kappa shape index (κ3) is 2.81. The van der Waals surface area contributed by atoms with Gasteiger partial charge >= 0.3 is 0 Å². The maximum Gasteiger partial charge on any atom is 0.270 e. The standard InChI is InChI=1S/C15H14ClN3O/c16-13-3-4-14(18-9-13)15(20)19-6-10-1-2-11-7-17-8-12(11)5-10/h1-5,9,17H,6-8H2,(H,19,20). The Morgan fingerprint density at radius 2 is 2.10 bits per heavy atom. The van der Waals surface area contributed by atoms with Gasteiger partial charge in [-0.25, -0.2) is 4.98 Å². The van der Waals surface area contributed by atoms with Gasteiger partial charge in [0.15, 0.2) is 0 Å². The van der Waals surface area contributed by atoms with Gasteiger partial charge in [0.1, 0.15) is 5.69 Å². The van der Waals surface area contributed by atoms with Crippen LogP contribution in [-0.2, 0) is 19.6 Å². The van der Waals surface area contributed by atoms with Gasteiger partial charge in [-0.3, -0.25) is 4.79 Å². The number of pyridine rings is 1. The number of hydrogen-bond donors (Lipinski definition) is 2. The Morgan fingerprint density at radius 1 is 1.25 bits per heavy atom. The maximum atomic E-state index is 11.9. The first-order valence-electron chi connectivity index (χ1n) is 6.43. The first kappa shape index (κ1) is 13.1. The zero-order valence-corrected chi connectivity index (χ0v) is 11.6. The van der Waals surface area contributed by atoms with Gasteiger partial charge in [0.25, 0.3) is 5.91 Å². The lowest BCUT2D eigenvalue weighted by Crippen LogP contribution is -2.23. The van der Waals surface area contributed by atoms with Gasteiger partial charge in [0, 0.05) is 25.8 Å². The second kappa shape index (κ2) is 5.61. The van der Waals surface area contributed by atoms with Gasteiger partial charge in [0.05, 0.1) is 5.02 Å². The second-order valence-electron chi connectivity index (χ2n) is 4.75. The van der Waals surface area contributed by atoms with Crippen molar-refractivity contribution in [1.29, 1.82) is 0 Å². The number of nitrogens with one attached hydrogen (secondary N) is 2. The Morgan fingerprint density at radius 3 is 2.90 bits per heavy atom. The summed E-state index contributed by atoms with van der Waals surface area (Å²) in [5, 5.41) is 6.68. The molecule has 2 heterocycles. The molecule has 0 radical (unpaired) electrons. The average molecular weight is 288 g/mol. The number of nitrogens with zero attached hydrogens (tertiary/aromatic N) is 1. The van der Waals surface area contributed by atoms with Gasteiger partial charge < -0.3 is 10.6 Å². The molecule has 1 aromatic carbocycles. The number of amides is 1. The molecular formula is C15H14ClN3O. The van der Waals surface area contributed by atoms with Crippen molar-refractivity contribution in [2.24, 2.45) is 0 Å². The van der Waals surface area contributed by atoms with E-state index in [1.54, 1.807) is 12.1 Å². The topological polar surface area (TPSA) is 54.0 Å². The van der Waals surface area contributed by atoms with Crippen LogP contribution in [0.5, 0.6) is 0 Å². The first-order valence-corrected chi connectivity index (χ1v) is 6.81. The van der Waals surface area contributed by atoms with E-state index in [0.717, 1.165) is 18.7 Å². The number of carbonyl (C=O) groups is 1. The quantitative estimate of drug-likeness (QED) is 0.910. The van der Waals surface area contributed by atoms with Crippen LogP contribution in [0.25, 0.3) is 0 Å². The molecule has 1 aromatic heterocycles. The van der Waals surface area contributed by atoms with Crippen molar-refractivity contribution in [2.45, 2.75) is 19.6 Å². The van der Waals surface area contributed by atoms with E-state index in [9.17, 15) is 4.79 Å². The molecule has 0 unspecified atom stereocenters. The van der Waals surface area contributed by atoms with Gasteiger partial charge in [-0.05, 0) is 28.8 Å². The molecule has 4 nitrogen and oxygen atoms in total. The van der Waals surface area contributed by atoms with Crippen LogP contribution in [0, 0.1) is 0 Å². The van der Waals surface area contributed by atoms with Crippen LogP contribution in [0.15, 0.2) is 36.5 Å². The molecule has 1 amide bonds. The molecule has 0 atom stereocenters. The normalized spacial score (nSPS) is 13.1. The predicted molar refractivity (Wildman–Crippen MR) is 77.4 cm³/mol. The minimum absolute atomic E-state index is 0.194. The largest absolute Gasteiger partial charge is 0.347 e. The van der Waals surface area contributed by atoms with E-state index in [1.165, 1.54) is 17.3 Å². The fourth-order valence-electron chi connectivity index (χ4n) is 2.24. The molecule has 5 heteroatoms. The monoisotopic (exact) mass is 287 g/mol. The van der Waals surface area contributed by atoms with Crippen molar-refractivity contribution in [3.63, 3.8) is 0 Å². The van der Waals surface area contributed by atoms with Gasteiger partial charge in [-0.15, -0.1) is 0 Å². The number of hydrogen-bond acceptors (Lipinski definition) is 3. The molecule has 0 saturated carbocycles. The van der Waals surface area contributed by atoms with E-state index in [0.29, 0.717) is 17.3 Å². The Bertz CT molecular complexity index is 640. The zero-order valence-electron chi connectivity index (χ0n) is 10.8. The van der Waals surface area contributed by atoms with Crippen LogP contribution in [0.4, 0.5) is 0 Å². The molecule has 20 heavy (non-hydrogen) atoms. The van der Waals surface area contributed by atoms with Gasteiger partial charge in [-0.2, -0.15) is 0 Å². The predicted octanol–water partition coefficient (Wildman–Crippen LogP) is 2.27. The van der Waals surface area contributed by atoms with Crippen LogP contribution >= 0.6 is 11.6 Å². The van der Waals surface area contributed by atoms with Crippen molar-refractivity contribution in [1.82, 2.24) is 15.6 Å². The van der Waals surface area contributed by atoms with Crippen molar-refractivity contribution >= 4 is 17.5 Å². The summed E-state index contributed by atoms with van der Waals surface area (Å²) in [5.74, 6) is -0.194. The Kier molecular flexibility index (Phi) is 3.67. The zero-order chi connectivity index (χ0) is 13.9. The van der Waals surface area contributed by atoms with Crippen molar-refractivity contribution in [2.75, 3.05) is 0 Å². The lowest BCUT2D eigenvalue weighted by atomic mass is 10.1. The molecule has 1 aliphatic rings. The number of halogens is 1. The molecule has 2 aromatic rings. The lowest BCUT2D eigenvalue weighted by Gasteiger charge is -2.06. The van der Waals surface area contributed by atoms with Crippen molar-refractivity contribution in [3.8, 4) is 0 Å². The van der Waals surface area contributed by atoms with Crippen LogP contribution in [-0.4, -0.2) is 10.9 Å². The summed E-state index contributed by atoms with van der Waals surface area (Å²) in [5.41, 5.74) is 4.10. The number of carbonyl (C=O) groups excluding carboxylic acids is 1. The molecular weight excluding hydrogens is 274 g/mol. The highest BCUT2D eigenvalue weighted by molar-refractivity contribution is 6.30. The molecule has 2 N–H and O–H groups in total. The number of benzene rings is 1. The molecule has 0 saturated heterocycles. The molecule has 0 aliphatic carbocycles. The van der Waals surface area contributed by atoms with Crippen LogP contribution < -0.4 is 10.6 Å². The van der Waals surface area contributed by atoms with E-state index in [1.807, 2.05) is 6.07 Å². The highest BCUT2D eigenvalue weighted by Crippen LogP contribution is 2.17. The number of aromatic nitrogens is 1. The van der Waals surface area contributed by atoms with E-state index in [-0.39, 0.29) is 5.91 Å². The van der Waals surface area contributed by atoms with Crippen molar-refractivity contribution in [3.05, 3.63) is 63.9 Å². The summed E-state index contributed by atoms with van der Waals surface area (Å²) >= 11 is 5.74. The van der Waals surface area contributed by atoms with E-state index in [2.05, 4.69) is 27.8 Å². The maximum absolute atomic E-state index is 11.9. The van der Waals surface area contributed by atoms with E-state index < -0.39 is 0 Å². The molecule has 0 bridgehead atoms. The van der Waals surface area contributed by atoms with Gasteiger partial charge in [0.2, 0.25) is 0 Å². The molecule has 0 fully saturated rings. The fourth-order valence-corrected chi connectivity index (χ4v) is 2.35. The Labute approximate surface area is 122 Å². The fraction of sp³-hybridized carbons (Fsp3) is 0.200. The van der Waals surface area contributed by atoms with E-state index in [4.69, 9.17) is 11.6 Å². The number of rotatable bonds is 3. The van der Waals surface area contributed by atoms with E-state index >= 15 is 0 Å². The summed E-state index contributed by atoms with van der Waals surface area (Å²) < 4.78 is 0. The van der Waals surface area contributed by atoms with Gasteiger partial charge in [-0.1, -0.05) is 29.8 Å². The summed E-state index contributed by atoms with van der Waals surface area (Å²) in [6.07, 6.45) is 1.47. The lowest BCUT2D eigenvalue weighted by molar-refractivity contribution is 0.0946. The SMILES string of the molecule is O=C(NCc1ccc2c(c1)CNC2)c1ccc(Cl)cn1.